The minimum atomic E-state index is -0.643. The maximum Gasteiger partial charge on any atom is 0.310 e. The molecule has 0 radical (unpaired) electrons. The number of ether oxygens (including phenoxy) is 1. The highest BCUT2D eigenvalue weighted by molar-refractivity contribution is 5.94. The first-order valence-electron chi connectivity index (χ1n) is 13.6. The van der Waals surface area contributed by atoms with Crippen LogP contribution >= 0.6 is 0 Å². The molecule has 36 heavy (non-hydrogen) atoms. The van der Waals surface area contributed by atoms with Gasteiger partial charge in [0.15, 0.2) is 5.78 Å². The molecule has 2 saturated carbocycles. The average Bonchev–Trinajstić information content (AvgIpc) is 3.84. The van der Waals surface area contributed by atoms with E-state index in [1.165, 1.54) is 18.4 Å². The normalized spacial score (nSPS) is 24.1. The summed E-state index contributed by atoms with van der Waals surface area (Å²) in [7, 11) is 0. The summed E-state index contributed by atoms with van der Waals surface area (Å²) < 4.78 is 6.26. The molecule has 1 saturated heterocycles. The standard InChI is InChI=1S/C30H38N2O4/c1-2-26(33)25-9-6-10-27(31-25)36-21-29(12-11-23-19-24(23)22-7-4-3-5-8-22)15-17-32(18-16-29)20-30(13-14-30)28(34)35/h3-10,23-24H,2,11-21H2,1H3,(H,34,35)/t23-,24?/m1/s1. The van der Waals surface area contributed by atoms with Crippen LogP contribution < -0.4 is 4.74 Å². The molecule has 3 fully saturated rings. The van der Waals surface area contributed by atoms with Gasteiger partial charge < -0.3 is 14.7 Å². The van der Waals surface area contributed by atoms with Crippen molar-refractivity contribution in [2.45, 2.75) is 64.2 Å². The van der Waals surface area contributed by atoms with Crippen LogP contribution in [-0.4, -0.2) is 53.0 Å². The predicted molar refractivity (Wildman–Crippen MR) is 138 cm³/mol. The van der Waals surface area contributed by atoms with Crippen molar-refractivity contribution in [3.8, 4) is 5.88 Å². The van der Waals surface area contributed by atoms with E-state index in [-0.39, 0.29) is 11.2 Å². The lowest BCUT2D eigenvalue weighted by Crippen LogP contribution is -2.46. The highest BCUT2D eigenvalue weighted by Gasteiger charge is 2.52. The Bertz CT molecular complexity index is 1070. The quantitative estimate of drug-likeness (QED) is 0.391. The van der Waals surface area contributed by atoms with Crippen LogP contribution in [0.4, 0.5) is 0 Å². The number of pyridine rings is 1. The number of aromatic nitrogens is 1. The van der Waals surface area contributed by atoms with E-state index >= 15 is 0 Å². The van der Waals surface area contributed by atoms with Gasteiger partial charge in [-0.25, -0.2) is 4.98 Å². The topological polar surface area (TPSA) is 79.7 Å². The van der Waals surface area contributed by atoms with E-state index in [1.54, 1.807) is 6.07 Å². The number of ketones is 1. The largest absolute Gasteiger partial charge is 0.481 e. The van der Waals surface area contributed by atoms with Crippen molar-refractivity contribution in [1.29, 1.82) is 0 Å². The third-order valence-corrected chi connectivity index (χ3v) is 8.80. The van der Waals surface area contributed by atoms with Crippen molar-refractivity contribution in [3.63, 3.8) is 0 Å². The van der Waals surface area contributed by atoms with Crippen LogP contribution in [-0.2, 0) is 4.79 Å². The van der Waals surface area contributed by atoms with E-state index in [4.69, 9.17) is 4.74 Å². The Hall–Kier alpha value is -2.73. The first-order chi connectivity index (χ1) is 17.4. The predicted octanol–water partition coefficient (Wildman–Crippen LogP) is 5.58. The molecular weight excluding hydrogens is 452 g/mol. The highest BCUT2D eigenvalue weighted by Crippen LogP contribution is 2.53. The molecule has 1 aromatic heterocycles. The van der Waals surface area contributed by atoms with Gasteiger partial charge in [-0.3, -0.25) is 9.59 Å². The summed E-state index contributed by atoms with van der Waals surface area (Å²) >= 11 is 0. The van der Waals surface area contributed by atoms with E-state index in [2.05, 4.69) is 40.2 Å². The number of aliphatic carboxylic acids is 1. The van der Waals surface area contributed by atoms with Gasteiger partial charge in [-0.2, -0.15) is 0 Å². The number of hydrogen-bond acceptors (Lipinski definition) is 5. The number of carboxylic acid groups (broad SMARTS) is 1. The zero-order chi connectivity index (χ0) is 25.2. The number of carbonyl (C=O) groups excluding carboxylic acids is 1. The van der Waals surface area contributed by atoms with E-state index in [9.17, 15) is 14.7 Å². The molecule has 6 heteroatoms. The molecule has 0 bridgehead atoms. The summed E-state index contributed by atoms with van der Waals surface area (Å²) in [5.41, 5.74) is 1.45. The fourth-order valence-corrected chi connectivity index (χ4v) is 5.90. The van der Waals surface area contributed by atoms with Gasteiger partial charge in [0.25, 0.3) is 0 Å². The fourth-order valence-electron chi connectivity index (χ4n) is 5.90. The van der Waals surface area contributed by atoms with Crippen molar-refractivity contribution < 1.29 is 19.4 Å². The number of rotatable bonds is 12. The number of Topliss-reactive ketones (excluding diaryl/α,β-unsaturated/α-hetero) is 1. The molecule has 1 aromatic carbocycles. The Kier molecular flexibility index (Phi) is 7.16. The van der Waals surface area contributed by atoms with E-state index in [0.29, 0.717) is 37.1 Å². The summed E-state index contributed by atoms with van der Waals surface area (Å²) in [6.45, 7) is 4.92. The Morgan fingerprint density at radius 3 is 2.47 bits per heavy atom. The molecule has 0 spiro atoms. The molecule has 3 aliphatic rings. The van der Waals surface area contributed by atoms with Gasteiger partial charge in [-0.05, 0) is 81.5 Å². The molecule has 2 aromatic rings. The SMILES string of the molecule is CCC(=O)c1cccc(OCC2(CC[C@@H]3CC3c3ccccc3)CCN(CC3(C(=O)O)CC3)CC2)n1. The van der Waals surface area contributed by atoms with Gasteiger partial charge in [-0.1, -0.05) is 43.3 Å². The number of carbonyl (C=O) groups is 2. The van der Waals surface area contributed by atoms with Crippen LogP contribution in [0.5, 0.6) is 5.88 Å². The number of hydrogen-bond donors (Lipinski definition) is 1. The maximum absolute atomic E-state index is 12.1. The van der Waals surface area contributed by atoms with Crippen LogP contribution in [0.15, 0.2) is 48.5 Å². The molecule has 192 valence electrons. The Balaban J connectivity index is 1.22. The first-order valence-corrected chi connectivity index (χ1v) is 13.6. The second kappa shape index (κ2) is 10.3. The van der Waals surface area contributed by atoms with E-state index < -0.39 is 11.4 Å². The van der Waals surface area contributed by atoms with E-state index in [1.807, 2.05) is 19.1 Å². The highest BCUT2D eigenvalue weighted by atomic mass is 16.5. The average molecular weight is 491 g/mol. The minimum absolute atomic E-state index is 0.0246. The molecule has 2 aliphatic carbocycles. The van der Waals surface area contributed by atoms with Gasteiger partial charge in [0, 0.05) is 24.4 Å². The van der Waals surface area contributed by atoms with Crippen LogP contribution in [0, 0.1) is 16.7 Å². The van der Waals surface area contributed by atoms with Crippen LogP contribution in [0.1, 0.15) is 80.3 Å². The fraction of sp³-hybridized carbons (Fsp3) is 0.567. The van der Waals surface area contributed by atoms with Gasteiger partial charge in [0.2, 0.25) is 5.88 Å². The summed E-state index contributed by atoms with van der Waals surface area (Å²) in [6, 6.07) is 16.3. The number of carboxylic acids is 1. The summed E-state index contributed by atoms with van der Waals surface area (Å²) in [6.07, 6.45) is 7.57. The first kappa shape index (κ1) is 24.9. The van der Waals surface area contributed by atoms with Crippen molar-refractivity contribution in [2.24, 2.45) is 16.7 Å². The number of nitrogens with zero attached hydrogens (tertiary/aromatic N) is 2. The van der Waals surface area contributed by atoms with Gasteiger partial charge in [0.05, 0.1) is 12.0 Å². The summed E-state index contributed by atoms with van der Waals surface area (Å²) in [4.78, 5) is 30.6. The lowest BCUT2D eigenvalue weighted by molar-refractivity contribution is -0.144. The molecule has 2 heterocycles. The number of likely N-dealkylation sites (tertiary alicyclic amines) is 1. The molecule has 1 N–H and O–H groups in total. The van der Waals surface area contributed by atoms with Crippen LogP contribution in [0.25, 0.3) is 0 Å². The van der Waals surface area contributed by atoms with Crippen molar-refractivity contribution in [3.05, 3.63) is 59.8 Å². The Labute approximate surface area is 214 Å². The Morgan fingerprint density at radius 2 is 1.81 bits per heavy atom. The zero-order valence-corrected chi connectivity index (χ0v) is 21.3. The molecule has 2 atom stereocenters. The molecule has 6 nitrogen and oxygen atoms in total. The molecular formula is C30H38N2O4. The maximum atomic E-state index is 12.1. The second-order valence-corrected chi connectivity index (χ2v) is 11.3. The van der Waals surface area contributed by atoms with Gasteiger partial charge in [0.1, 0.15) is 5.69 Å². The lowest BCUT2D eigenvalue weighted by atomic mass is 9.74. The van der Waals surface area contributed by atoms with Crippen LogP contribution in [0.2, 0.25) is 0 Å². The van der Waals surface area contributed by atoms with Crippen molar-refractivity contribution in [1.82, 2.24) is 9.88 Å². The molecule has 0 amide bonds. The summed E-state index contributed by atoms with van der Waals surface area (Å²) in [5, 5.41) is 9.62. The summed E-state index contributed by atoms with van der Waals surface area (Å²) in [5.74, 6) is 1.31. The molecule has 1 aliphatic heterocycles. The minimum Gasteiger partial charge on any atom is -0.481 e. The molecule has 1 unspecified atom stereocenters. The monoisotopic (exact) mass is 490 g/mol. The van der Waals surface area contributed by atoms with E-state index in [0.717, 1.165) is 51.1 Å². The van der Waals surface area contributed by atoms with Crippen molar-refractivity contribution >= 4 is 11.8 Å². The van der Waals surface area contributed by atoms with Gasteiger partial charge >= 0.3 is 5.97 Å². The molecule has 5 rings (SSSR count). The number of benzene rings is 1. The van der Waals surface area contributed by atoms with Crippen LogP contribution in [0.3, 0.4) is 0 Å². The number of piperidine rings is 1. The zero-order valence-electron chi connectivity index (χ0n) is 21.3. The van der Waals surface area contributed by atoms with Crippen molar-refractivity contribution in [2.75, 3.05) is 26.2 Å². The van der Waals surface area contributed by atoms with Gasteiger partial charge in [-0.15, -0.1) is 0 Å². The Morgan fingerprint density at radius 1 is 1.06 bits per heavy atom. The third-order valence-electron chi connectivity index (χ3n) is 8.80. The smallest absolute Gasteiger partial charge is 0.310 e. The second-order valence-electron chi connectivity index (χ2n) is 11.3. The third kappa shape index (κ3) is 5.64. The lowest BCUT2D eigenvalue weighted by Gasteiger charge is -2.42.